The molecule has 0 spiro atoms. The van der Waals surface area contributed by atoms with Crippen molar-refractivity contribution in [3.05, 3.63) is 64.8 Å². The van der Waals surface area contributed by atoms with Crippen LogP contribution in [0.15, 0.2) is 42.5 Å². The van der Waals surface area contributed by atoms with Crippen LogP contribution >= 0.6 is 0 Å². The van der Waals surface area contributed by atoms with Crippen LogP contribution in [0.5, 0.6) is 5.75 Å². The molecule has 1 aromatic heterocycles. The van der Waals surface area contributed by atoms with Crippen LogP contribution in [0.4, 0.5) is 0 Å². The van der Waals surface area contributed by atoms with Crippen LogP contribution in [0.3, 0.4) is 0 Å². The number of aromatic nitrogens is 1. The minimum atomic E-state index is -0.637. The van der Waals surface area contributed by atoms with E-state index in [0.29, 0.717) is 18.4 Å². The van der Waals surface area contributed by atoms with Crippen molar-refractivity contribution in [1.29, 1.82) is 0 Å². The Kier molecular flexibility index (Phi) is 9.36. The summed E-state index contributed by atoms with van der Waals surface area (Å²) in [6, 6.07) is 13.4. The van der Waals surface area contributed by atoms with Gasteiger partial charge < -0.3 is 28.7 Å². The number of carbonyl (C=O) groups is 3. The Morgan fingerprint density at radius 2 is 1.77 bits per heavy atom. The molecule has 6 rings (SSSR count). The van der Waals surface area contributed by atoms with Gasteiger partial charge in [0.2, 0.25) is 0 Å². The molecule has 10 nitrogen and oxygen atoms in total. The Bertz CT molecular complexity index is 1620. The topological polar surface area (TPSA) is 116 Å². The lowest BCUT2D eigenvalue weighted by Crippen LogP contribution is -2.58. The molecule has 1 saturated heterocycles. The van der Waals surface area contributed by atoms with Gasteiger partial charge in [0.25, 0.3) is 0 Å². The Morgan fingerprint density at radius 3 is 2.45 bits per heavy atom. The minimum Gasteiger partial charge on any atom is -0.497 e. The molecular weight excluding hydrogens is 600 g/mol. The second-order valence-electron chi connectivity index (χ2n) is 14.1. The van der Waals surface area contributed by atoms with E-state index in [0.717, 1.165) is 42.8 Å². The largest absolute Gasteiger partial charge is 0.497 e. The summed E-state index contributed by atoms with van der Waals surface area (Å²) in [6.45, 7) is 7.24. The molecule has 1 aliphatic carbocycles. The highest BCUT2D eigenvalue weighted by Gasteiger charge is 2.54. The maximum absolute atomic E-state index is 13.4. The van der Waals surface area contributed by atoms with Gasteiger partial charge in [-0.1, -0.05) is 12.1 Å². The van der Waals surface area contributed by atoms with Crippen LogP contribution < -0.4 is 4.74 Å². The number of benzene rings is 2. The van der Waals surface area contributed by atoms with Crippen molar-refractivity contribution >= 4 is 28.8 Å². The fourth-order valence-electron chi connectivity index (χ4n) is 8.01. The van der Waals surface area contributed by atoms with Crippen molar-refractivity contribution in [3.63, 3.8) is 0 Å². The van der Waals surface area contributed by atoms with Gasteiger partial charge in [-0.15, -0.1) is 0 Å². The standard InChI is InChI=1S/C37H46N2O8/c1-37(2,3)47-31(40)14-9-21-7-10-22(11-8-21)35(41)46-30-17-23-20-39-16-15-26-25-13-12-24(43-4)18-28(25)38-33(26)29(39)19-27(23)32(34(30)44-5)36(42)45-6/h7-8,10-13,18,23,27,29-30,32,34,38H,9,14-17,19-20H2,1-6H3/t23-,27+,29-,30-,32+,34+/m1/s1. The summed E-state index contributed by atoms with van der Waals surface area (Å²) >= 11 is 0. The molecule has 2 aliphatic heterocycles. The third-order valence-corrected chi connectivity index (χ3v) is 10.1. The van der Waals surface area contributed by atoms with Gasteiger partial charge in [-0.3, -0.25) is 14.5 Å². The highest BCUT2D eigenvalue weighted by molar-refractivity contribution is 5.89. The first-order valence-electron chi connectivity index (χ1n) is 16.5. The fourth-order valence-corrected chi connectivity index (χ4v) is 8.01. The summed E-state index contributed by atoms with van der Waals surface area (Å²) in [5.74, 6) is -0.708. The predicted octanol–water partition coefficient (Wildman–Crippen LogP) is 5.42. The second-order valence-corrected chi connectivity index (χ2v) is 14.1. The quantitative estimate of drug-likeness (QED) is 0.253. The first-order valence-corrected chi connectivity index (χ1v) is 16.5. The van der Waals surface area contributed by atoms with E-state index >= 15 is 0 Å². The molecule has 3 aliphatic rings. The molecule has 0 radical (unpaired) electrons. The van der Waals surface area contributed by atoms with Gasteiger partial charge in [-0.2, -0.15) is 0 Å². The van der Waals surface area contributed by atoms with E-state index in [4.69, 9.17) is 23.7 Å². The first kappa shape index (κ1) is 33.0. The van der Waals surface area contributed by atoms with Crippen LogP contribution in [0.1, 0.15) is 73.3 Å². The molecule has 1 N–H and O–H groups in total. The Hall–Kier alpha value is -3.89. The van der Waals surface area contributed by atoms with Crippen molar-refractivity contribution in [2.24, 2.45) is 17.8 Å². The van der Waals surface area contributed by atoms with E-state index < -0.39 is 29.7 Å². The van der Waals surface area contributed by atoms with Crippen LogP contribution in [0, 0.1) is 17.8 Å². The second kappa shape index (κ2) is 13.3. The van der Waals surface area contributed by atoms with Crippen LogP contribution in [0.25, 0.3) is 10.9 Å². The number of rotatable bonds is 8. The highest BCUT2D eigenvalue weighted by Crippen LogP contribution is 2.50. The zero-order chi connectivity index (χ0) is 33.5. The average molecular weight is 647 g/mol. The number of fused-ring (bicyclic) bond motifs is 6. The van der Waals surface area contributed by atoms with Gasteiger partial charge >= 0.3 is 17.9 Å². The summed E-state index contributed by atoms with van der Waals surface area (Å²) in [4.78, 5) is 45.2. The summed E-state index contributed by atoms with van der Waals surface area (Å²) in [5.41, 5.74) is 4.39. The van der Waals surface area contributed by atoms with Crippen molar-refractivity contribution in [2.45, 2.75) is 76.7 Å². The molecule has 2 fully saturated rings. The number of hydrogen-bond donors (Lipinski definition) is 1. The molecule has 47 heavy (non-hydrogen) atoms. The molecular formula is C37H46N2O8. The SMILES string of the molecule is COC(=O)[C@H]1[C@H]2C[C@@H]3c4[nH]c5cc(OC)ccc5c4CCN3C[C@H]2C[C@@H](OC(=O)c2ccc(CCC(=O)OC(C)(C)C)cc2)[C@@H]1OC. The molecule has 10 heteroatoms. The van der Waals surface area contributed by atoms with Gasteiger partial charge in [0.1, 0.15) is 23.6 Å². The maximum Gasteiger partial charge on any atom is 0.338 e. The lowest BCUT2D eigenvalue weighted by molar-refractivity contribution is -0.176. The lowest BCUT2D eigenvalue weighted by Gasteiger charge is -2.52. The smallest absolute Gasteiger partial charge is 0.338 e. The number of nitrogens with zero attached hydrogens (tertiary/aromatic N) is 1. The van der Waals surface area contributed by atoms with Crippen molar-refractivity contribution in [1.82, 2.24) is 9.88 Å². The van der Waals surface area contributed by atoms with E-state index in [-0.39, 0.29) is 36.2 Å². The molecule has 0 unspecified atom stereocenters. The zero-order valence-corrected chi connectivity index (χ0v) is 28.2. The summed E-state index contributed by atoms with van der Waals surface area (Å²) in [7, 11) is 4.65. The van der Waals surface area contributed by atoms with E-state index in [1.165, 1.54) is 23.8 Å². The van der Waals surface area contributed by atoms with Gasteiger partial charge in [0.15, 0.2) is 0 Å². The molecule has 0 amide bonds. The minimum absolute atomic E-state index is 0.000225. The Labute approximate surface area is 276 Å². The number of methoxy groups -OCH3 is 3. The number of esters is 3. The van der Waals surface area contributed by atoms with Gasteiger partial charge in [-0.25, -0.2) is 4.79 Å². The molecule has 2 aromatic carbocycles. The average Bonchev–Trinajstić information content (AvgIpc) is 3.43. The van der Waals surface area contributed by atoms with E-state index in [1.807, 2.05) is 45.0 Å². The summed E-state index contributed by atoms with van der Waals surface area (Å²) in [5, 5.41) is 1.22. The monoisotopic (exact) mass is 646 g/mol. The van der Waals surface area contributed by atoms with E-state index in [2.05, 4.69) is 16.0 Å². The highest BCUT2D eigenvalue weighted by atomic mass is 16.6. The predicted molar refractivity (Wildman–Crippen MR) is 175 cm³/mol. The summed E-state index contributed by atoms with van der Waals surface area (Å²) in [6.07, 6.45) is 1.81. The van der Waals surface area contributed by atoms with E-state index in [1.54, 1.807) is 26.4 Å². The number of aromatic amines is 1. The number of piperidine rings is 1. The van der Waals surface area contributed by atoms with Gasteiger partial charge in [0.05, 0.1) is 31.7 Å². The molecule has 6 atom stereocenters. The Balaban J connectivity index is 1.18. The van der Waals surface area contributed by atoms with Gasteiger partial charge in [-0.05, 0) is 93.7 Å². The molecule has 1 saturated carbocycles. The van der Waals surface area contributed by atoms with E-state index in [9.17, 15) is 14.4 Å². The number of nitrogens with one attached hydrogen (secondary N) is 1. The van der Waals surface area contributed by atoms with Crippen LogP contribution in [-0.2, 0) is 41.4 Å². The zero-order valence-electron chi connectivity index (χ0n) is 28.2. The number of H-pyrrole nitrogens is 1. The number of aryl methyl sites for hydroxylation is 1. The van der Waals surface area contributed by atoms with Gasteiger partial charge in [0, 0.05) is 49.3 Å². The Morgan fingerprint density at radius 1 is 1.00 bits per heavy atom. The third-order valence-electron chi connectivity index (χ3n) is 10.1. The number of carbonyl (C=O) groups excluding carboxylic acids is 3. The van der Waals surface area contributed by atoms with Crippen LogP contribution in [-0.4, -0.2) is 80.0 Å². The molecule has 0 bridgehead atoms. The first-order chi connectivity index (χ1) is 22.5. The van der Waals surface area contributed by atoms with Crippen molar-refractivity contribution < 1.29 is 38.1 Å². The third kappa shape index (κ3) is 6.76. The lowest BCUT2D eigenvalue weighted by atomic mass is 9.63. The molecule has 252 valence electrons. The number of hydrogen-bond acceptors (Lipinski definition) is 9. The van der Waals surface area contributed by atoms with Crippen LogP contribution in [0.2, 0.25) is 0 Å². The van der Waals surface area contributed by atoms with Crippen molar-refractivity contribution in [3.8, 4) is 5.75 Å². The normalized spacial score (nSPS) is 25.7. The van der Waals surface area contributed by atoms with Crippen molar-refractivity contribution in [2.75, 3.05) is 34.4 Å². The number of ether oxygens (including phenoxy) is 5. The molecule has 3 heterocycles. The summed E-state index contributed by atoms with van der Waals surface area (Å²) < 4.78 is 28.3. The maximum atomic E-state index is 13.4. The molecule has 3 aromatic rings. The fraction of sp³-hybridized carbons (Fsp3) is 0.541.